The second-order valence-corrected chi connectivity index (χ2v) is 4.98. The van der Waals surface area contributed by atoms with Gasteiger partial charge in [0.2, 0.25) is 0 Å². The lowest BCUT2D eigenvalue weighted by Gasteiger charge is -2.28. The fourth-order valence-corrected chi connectivity index (χ4v) is 2.46. The third-order valence-electron chi connectivity index (χ3n) is 3.45. The van der Waals surface area contributed by atoms with Gasteiger partial charge in [0.25, 0.3) is 5.91 Å². The van der Waals surface area contributed by atoms with Crippen molar-refractivity contribution in [2.45, 2.75) is 31.3 Å². The molecule has 94 valence electrons. The molecule has 1 fully saturated rings. The summed E-state index contributed by atoms with van der Waals surface area (Å²) >= 11 is 0. The van der Waals surface area contributed by atoms with Gasteiger partial charge in [-0.15, -0.1) is 0 Å². The first-order chi connectivity index (χ1) is 8.02. The molecule has 1 N–H and O–H groups in total. The van der Waals surface area contributed by atoms with Gasteiger partial charge < -0.3 is 14.6 Å². The number of hydrogen-bond acceptors (Lipinski definition) is 3. The Hall–Kier alpha value is -1.36. The zero-order valence-electron chi connectivity index (χ0n) is 10.4. The number of nitrogens with zero attached hydrogens (tertiary/aromatic N) is 3. The van der Waals surface area contributed by atoms with Crippen molar-refractivity contribution in [2.75, 3.05) is 13.6 Å². The van der Waals surface area contributed by atoms with Crippen LogP contribution in [0.3, 0.4) is 0 Å². The molecule has 1 heterocycles. The molecule has 2 rings (SSSR count). The number of aliphatic hydroxyl groups is 1. The van der Waals surface area contributed by atoms with Crippen molar-refractivity contribution < 1.29 is 9.90 Å². The highest BCUT2D eigenvalue weighted by atomic mass is 16.3. The molecular formula is C12H19N3O2. The third kappa shape index (κ3) is 2.49. The minimum absolute atomic E-state index is 0.0923. The van der Waals surface area contributed by atoms with Gasteiger partial charge in [-0.25, -0.2) is 4.98 Å². The van der Waals surface area contributed by atoms with Gasteiger partial charge in [-0.05, 0) is 12.8 Å². The molecule has 0 spiro atoms. The quantitative estimate of drug-likeness (QED) is 0.846. The molecule has 0 aliphatic heterocycles. The Morgan fingerprint density at radius 3 is 2.76 bits per heavy atom. The van der Waals surface area contributed by atoms with E-state index >= 15 is 0 Å². The lowest BCUT2D eigenvalue weighted by molar-refractivity contribution is 0.0153. The third-order valence-corrected chi connectivity index (χ3v) is 3.45. The van der Waals surface area contributed by atoms with Crippen LogP contribution in [0.25, 0.3) is 0 Å². The van der Waals surface area contributed by atoms with Crippen molar-refractivity contribution >= 4 is 5.91 Å². The van der Waals surface area contributed by atoms with Gasteiger partial charge in [-0.1, -0.05) is 12.8 Å². The molecule has 1 amide bonds. The maximum Gasteiger partial charge on any atom is 0.271 e. The molecule has 5 nitrogen and oxygen atoms in total. The number of aromatic nitrogens is 2. The van der Waals surface area contributed by atoms with Crippen molar-refractivity contribution in [3.63, 3.8) is 0 Å². The number of likely N-dealkylation sites (N-methyl/N-ethyl adjacent to an activating group) is 1. The van der Waals surface area contributed by atoms with Crippen LogP contribution in [0, 0.1) is 0 Å². The Bertz CT molecular complexity index is 408. The zero-order valence-corrected chi connectivity index (χ0v) is 10.4. The van der Waals surface area contributed by atoms with E-state index in [9.17, 15) is 9.90 Å². The SMILES string of the molecule is CN(CC1(O)CCCC1)C(=O)c1cncn1C. The number of imidazole rings is 1. The fourth-order valence-electron chi connectivity index (χ4n) is 2.46. The molecule has 1 aliphatic carbocycles. The minimum atomic E-state index is -0.691. The van der Waals surface area contributed by atoms with Crippen molar-refractivity contribution in [3.05, 3.63) is 18.2 Å². The summed E-state index contributed by atoms with van der Waals surface area (Å²) in [6.07, 6.45) is 6.82. The maximum atomic E-state index is 12.1. The average Bonchev–Trinajstić information content (AvgIpc) is 2.86. The van der Waals surface area contributed by atoms with Crippen molar-refractivity contribution in [1.82, 2.24) is 14.5 Å². The fraction of sp³-hybridized carbons (Fsp3) is 0.667. The van der Waals surface area contributed by atoms with Crippen LogP contribution in [0.15, 0.2) is 12.5 Å². The number of carbonyl (C=O) groups excluding carboxylic acids is 1. The van der Waals surface area contributed by atoms with E-state index in [0.717, 1.165) is 25.7 Å². The van der Waals surface area contributed by atoms with Crippen LogP contribution >= 0.6 is 0 Å². The molecule has 0 atom stereocenters. The van der Waals surface area contributed by atoms with Crippen LogP contribution in [-0.4, -0.2) is 44.7 Å². The molecule has 1 aromatic heterocycles. The number of hydrogen-bond donors (Lipinski definition) is 1. The summed E-state index contributed by atoms with van der Waals surface area (Å²) in [4.78, 5) is 17.6. The van der Waals surface area contributed by atoms with E-state index in [0.29, 0.717) is 12.2 Å². The minimum Gasteiger partial charge on any atom is -0.388 e. The summed E-state index contributed by atoms with van der Waals surface area (Å²) in [5.74, 6) is -0.0923. The van der Waals surface area contributed by atoms with Crippen LogP contribution in [0.5, 0.6) is 0 Å². The Morgan fingerprint density at radius 1 is 1.59 bits per heavy atom. The standard InChI is InChI=1S/C12H19N3O2/c1-14(8-12(17)5-3-4-6-12)11(16)10-7-13-9-15(10)2/h7,9,17H,3-6,8H2,1-2H3. The normalized spacial score (nSPS) is 18.3. The summed E-state index contributed by atoms with van der Waals surface area (Å²) in [6.45, 7) is 0.400. The van der Waals surface area contributed by atoms with E-state index in [-0.39, 0.29) is 5.91 Å². The van der Waals surface area contributed by atoms with Crippen LogP contribution in [0.2, 0.25) is 0 Å². The topological polar surface area (TPSA) is 58.4 Å². The van der Waals surface area contributed by atoms with E-state index < -0.39 is 5.60 Å². The highest BCUT2D eigenvalue weighted by molar-refractivity contribution is 5.92. The molecule has 0 bridgehead atoms. The Labute approximate surface area is 101 Å². The van der Waals surface area contributed by atoms with Crippen molar-refractivity contribution in [3.8, 4) is 0 Å². The predicted octanol–water partition coefficient (Wildman–Crippen LogP) is 0.797. The van der Waals surface area contributed by atoms with Gasteiger partial charge >= 0.3 is 0 Å². The number of carbonyl (C=O) groups is 1. The van der Waals surface area contributed by atoms with E-state index in [2.05, 4.69) is 4.98 Å². The molecule has 0 unspecified atom stereocenters. The zero-order chi connectivity index (χ0) is 12.5. The van der Waals surface area contributed by atoms with Crippen LogP contribution in [0.1, 0.15) is 36.2 Å². The maximum absolute atomic E-state index is 12.1. The molecule has 17 heavy (non-hydrogen) atoms. The Morgan fingerprint density at radius 2 is 2.24 bits per heavy atom. The molecule has 5 heteroatoms. The molecule has 1 aliphatic rings. The molecular weight excluding hydrogens is 218 g/mol. The first-order valence-corrected chi connectivity index (χ1v) is 5.96. The van der Waals surface area contributed by atoms with Crippen molar-refractivity contribution in [1.29, 1.82) is 0 Å². The summed E-state index contributed by atoms with van der Waals surface area (Å²) in [7, 11) is 3.52. The number of amides is 1. The van der Waals surface area contributed by atoms with Gasteiger partial charge in [0.1, 0.15) is 5.69 Å². The molecule has 1 aromatic rings. The summed E-state index contributed by atoms with van der Waals surface area (Å²) in [5.41, 5.74) is -0.141. The lowest BCUT2D eigenvalue weighted by atomic mass is 10.0. The van der Waals surface area contributed by atoms with E-state index in [1.165, 1.54) is 0 Å². The van der Waals surface area contributed by atoms with Crippen LogP contribution in [-0.2, 0) is 7.05 Å². The lowest BCUT2D eigenvalue weighted by Crippen LogP contribution is -2.42. The largest absolute Gasteiger partial charge is 0.388 e. The van der Waals surface area contributed by atoms with E-state index in [1.807, 2.05) is 0 Å². The predicted molar refractivity (Wildman–Crippen MR) is 63.6 cm³/mol. The van der Waals surface area contributed by atoms with Gasteiger partial charge in [0.05, 0.1) is 18.1 Å². The smallest absolute Gasteiger partial charge is 0.271 e. The summed E-state index contributed by atoms with van der Waals surface area (Å²) < 4.78 is 1.69. The van der Waals surface area contributed by atoms with E-state index in [4.69, 9.17) is 0 Å². The van der Waals surface area contributed by atoms with Gasteiger partial charge in [0, 0.05) is 20.6 Å². The highest BCUT2D eigenvalue weighted by Crippen LogP contribution is 2.30. The molecule has 0 saturated heterocycles. The average molecular weight is 237 g/mol. The second-order valence-electron chi connectivity index (χ2n) is 4.98. The van der Waals surface area contributed by atoms with Crippen molar-refractivity contribution in [2.24, 2.45) is 7.05 Å². The molecule has 1 saturated carbocycles. The molecule has 0 radical (unpaired) electrons. The monoisotopic (exact) mass is 237 g/mol. The van der Waals surface area contributed by atoms with Gasteiger partial charge in [-0.3, -0.25) is 4.79 Å². The van der Waals surface area contributed by atoms with E-state index in [1.54, 1.807) is 36.1 Å². The summed E-state index contributed by atoms with van der Waals surface area (Å²) in [5, 5.41) is 10.3. The highest BCUT2D eigenvalue weighted by Gasteiger charge is 2.33. The second kappa shape index (κ2) is 4.49. The van der Waals surface area contributed by atoms with Gasteiger partial charge in [-0.2, -0.15) is 0 Å². The first-order valence-electron chi connectivity index (χ1n) is 5.96. The molecule has 0 aromatic carbocycles. The number of rotatable bonds is 3. The van der Waals surface area contributed by atoms with Crippen LogP contribution < -0.4 is 0 Å². The first kappa shape index (κ1) is 12.1. The number of aryl methyl sites for hydroxylation is 1. The Kier molecular flexibility index (Phi) is 3.19. The Balaban J connectivity index is 2.03. The summed E-state index contributed by atoms with van der Waals surface area (Å²) in [6, 6.07) is 0. The van der Waals surface area contributed by atoms with Crippen LogP contribution in [0.4, 0.5) is 0 Å². The van der Waals surface area contributed by atoms with Gasteiger partial charge in [0.15, 0.2) is 0 Å².